The molecule has 0 radical (unpaired) electrons. The second kappa shape index (κ2) is 6.35. The Hall–Kier alpha value is -0.123. The van der Waals surface area contributed by atoms with Crippen LogP contribution in [0, 0.1) is 5.92 Å². The van der Waals surface area contributed by atoms with Crippen LogP contribution in [0.25, 0.3) is 0 Å². The second-order valence-corrected chi connectivity index (χ2v) is 11.6. The Kier molecular flexibility index (Phi) is 5.62. The molecule has 1 aliphatic carbocycles. The smallest absolute Gasteiger partial charge is 0.191 e. The fourth-order valence-corrected chi connectivity index (χ4v) is 3.09. The zero-order valence-electron chi connectivity index (χ0n) is 13.0. The number of rotatable bonds is 6. The fourth-order valence-electron chi connectivity index (χ4n) is 2.03. The van der Waals surface area contributed by atoms with E-state index in [1.807, 2.05) is 0 Å². The summed E-state index contributed by atoms with van der Waals surface area (Å²) in [6.07, 6.45) is 7.03. The van der Waals surface area contributed by atoms with E-state index in [-0.39, 0.29) is 0 Å². The molecule has 0 aromatic rings. The van der Waals surface area contributed by atoms with Gasteiger partial charge in [0.2, 0.25) is 0 Å². The first-order valence-electron chi connectivity index (χ1n) is 7.20. The lowest BCUT2D eigenvalue weighted by atomic mass is 10.0. The Bertz CT molecular complexity index is 279. The highest BCUT2D eigenvalue weighted by atomic mass is 28.4. The third kappa shape index (κ3) is 4.21. The number of hydrogen-bond donors (Lipinski definition) is 0. The molecule has 1 aliphatic rings. The van der Waals surface area contributed by atoms with Crippen molar-refractivity contribution in [2.45, 2.75) is 64.8 Å². The maximum absolute atomic E-state index is 6.24. The highest BCUT2D eigenvalue weighted by molar-refractivity contribution is 6.74. The van der Waals surface area contributed by atoms with E-state index in [0.29, 0.717) is 17.1 Å². The normalized spacial score (nSPS) is 24.8. The molecule has 0 aromatic carbocycles. The monoisotopic (exact) mass is 270 g/mol. The summed E-state index contributed by atoms with van der Waals surface area (Å²) in [5, 5.41) is 0.306. The molecule has 0 N–H and O–H groups in total. The Balaban J connectivity index is 2.34. The summed E-state index contributed by atoms with van der Waals surface area (Å²) in [5.41, 5.74) is 0. The summed E-state index contributed by atoms with van der Waals surface area (Å²) in [7, 11) is -1.58. The molecule has 0 bridgehead atoms. The Morgan fingerprint density at radius 3 is 2.50 bits per heavy atom. The van der Waals surface area contributed by atoms with Crippen LogP contribution in [-0.4, -0.2) is 27.6 Å². The van der Waals surface area contributed by atoms with E-state index >= 15 is 0 Å². The van der Waals surface area contributed by atoms with E-state index in [4.69, 9.17) is 9.16 Å². The fraction of sp³-hybridized carbons (Fsp3) is 0.867. The van der Waals surface area contributed by atoms with Gasteiger partial charge in [0.25, 0.3) is 0 Å². The van der Waals surface area contributed by atoms with Gasteiger partial charge in [-0.15, -0.1) is 0 Å². The van der Waals surface area contributed by atoms with Crippen LogP contribution in [0.4, 0.5) is 0 Å². The predicted molar refractivity (Wildman–Crippen MR) is 80.4 cm³/mol. The van der Waals surface area contributed by atoms with E-state index in [0.717, 1.165) is 26.1 Å². The molecule has 0 saturated heterocycles. The van der Waals surface area contributed by atoms with Crippen molar-refractivity contribution in [3.8, 4) is 0 Å². The first-order valence-corrected chi connectivity index (χ1v) is 10.1. The third-order valence-electron chi connectivity index (χ3n) is 4.35. The molecule has 0 unspecified atom stereocenters. The molecule has 2 nitrogen and oxygen atoms in total. The van der Waals surface area contributed by atoms with Crippen LogP contribution in [0.2, 0.25) is 18.1 Å². The lowest BCUT2D eigenvalue weighted by Crippen LogP contribution is -2.41. The number of ether oxygens (including phenoxy) is 1. The maximum atomic E-state index is 6.24. The van der Waals surface area contributed by atoms with Crippen LogP contribution in [0.15, 0.2) is 12.2 Å². The van der Waals surface area contributed by atoms with Crippen molar-refractivity contribution >= 4 is 8.32 Å². The lowest BCUT2D eigenvalue weighted by molar-refractivity contribution is 0.0529. The van der Waals surface area contributed by atoms with Crippen molar-refractivity contribution in [3.05, 3.63) is 12.2 Å². The van der Waals surface area contributed by atoms with E-state index < -0.39 is 8.32 Å². The van der Waals surface area contributed by atoms with Gasteiger partial charge in [-0.3, -0.25) is 0 Å². The highest BCUT2D eigenvalue weighted by Gasteiger charge is 2.37. The van der Waals surface area contributed by atoms with E-state index in [2.05, 4.69) is 52.9 Å². The molecule has 0 aromatic heterocycles. The molecular formula is C15H30O2Si. The minimum atomic E-state index is -1.58. The minimum Gasteiger partial charge on any atom is -0.417 e. The van der Waals surface area contributed by atoms with Gasteiger partial charge < -0.3 is 9.16 Å². The van der Waals surface area contributed by atoms with Gasteiger partial charge in [-0.2, -0.15) is 0 Å². The molecule has 3 heteroatoms. The molecule has 106 valence electrons. The minimum absolute atomic E-state index is 0.306. The third-order valence-corrected chi connectivity index (χ3v) is 8.88. The molecule has 0 fully saturated rings. The molecule has 18 heavy (non-hydrogen) atoms. The van der Waals surface area contributed by atoms with Crippen molar-refractivity contribution in [3.63, 3.8) is 0 Å². The van der Waals surface area contributed by atoms with Gasteiger partial charge in [0.05, 0.1) is 6.10 Å². The maximum Gasteiger partial charge on any atom is 0.191 e. The Morgan fingerprint density at radius 1 is 1.28 bits per heavy atom. The molecular weight excluding hydrogens is 240 g/mol. The van der Waals surface area contributed by atoms with Gasteiger partial charge in [0, 0.05) is 13.2 Å². The van der Waals surface area contributed by atoms with Gasteiger partial charge in [-0.1, -0.05) is 32.9 Å². The quantitative estimate of drug-likeness (QED) is 0.527. The first-order chi connectivity index (χ1) is 8.28. The Labute approximate surface area is 114 Å². The highest BCUT2D eigenvalue weighted by Crippen LogP contribution is 2.37. The summed E-state index contributed by atoms with van der Waals surface area (Å²) in [6.45, 7) is 15.3. The van der Waals surface area contributed by atoms with Crippen molar-refractivity contribution in [2.24, 2.45) is 5.92 Å². The predicted octanol–water partition coefficient (Wildman–Crippen LogP) is 4.38. The van der Waals surface area contributed by atoms with Crippen LogP contribution >= 0.6 is 0 Å². The summed E-state index contributed by atoms with van der Waals surface area (Å²) in [5.74, 6) is 0.620. The average molecular weight is 270 g/mol. The average Bonchev–Trinajstić information content (AvgIpc) is 2.64. The largest absolute Gasteiger partial charge is 0.417 e. The summed E-state index contributed by atoms with van der Waals surface area (Å²) < 4.78 is 12.0. The molecule has 0 heterocycles. The summed E-state index contributed by atoms with van der Waals surface area (Å²) in [6, 6.07) is 0. The summed E-state index contributed by atoms with van der Waals surface area (Å²) in [4.78, 5) is 0. The van der Waals surface area contributed by atoms with Gasteiger partial charge in [0.15, 0.2) is 8.32 Å². The molecule has 0 spiro atoms. The zero-order chi connectivity index (χ0) is 13.8. The van der Waals surface area contributed by atoms with Crippen molar-refractivity contribution < 1.29 is 9.16 Å². The van der Waals surface area contributed by atoms with Gasteiger partial charge in [-0.25, -0.2) is 0 Å². The second-order valence-electron chi connectivity index (χ2n) is 6.74. The SMILES string of the molecule is CCO[C@@H]1C=CC[C@@H]1CCO[Si](C)(C)C(C)(C)C. The van der Waals surface area contributed by atoms with Crippen LogP contribution < -0.4 is 0 Å². The van der Waals surface area contributed by atoms with Gasteiger partial charge >= 0.3 is 0 Å². The molecule has 0 aliphatic heterocycles. The standard InChI is InChI=1S/C15H30O2Si/c1-7-16-14-10-8-9-13(14)11-12-17-18(5,6)15(2,3)4/h8,10,13-14H,7,9,11-12H2,1-6H3/t13-,14-/m1/s1. The van der Waals surface area contributed by atoms with Gasteiger partial charge in [0.1, 0.15) is 0 Å². The number of allylic oxidation sites excluding steroid dienone is 1. The number of hydrogen-bond acceptors (Lipinski definition) is 2. The van der Waals surface area contributed by atoms with Crippen molar-refractivity contribution in [2.75, 3.05) is 13.2 Å². The van der Waals surface area contributed by atoms with Gasteiger partial charge in [-0.05, 0) is 43.8 Å². The van der Waals surface area contributed by atoms with E-state index in [1.165, 1.54) is 0 Å². The molecule has 1 rings (SSSR count). The van der Waals surface area contributed by atoms with Crippen molar-refractivity contribution in [1.29, 1.82) is 0 Å². The van der Waals surface area contributed by atoms with Crippen LogP contribution in [0.3, 0.4) is 0 Å². The molecule has 0 amide bonds. The van der Waals surface area contributed by atoms with Crippen LogP contribution in [-0.2, 0) is 9.16 Å². The molecule has 2 atom stereocenters. The Morgan fingerprint density at radius 2 is 1.94 bits per heavy atom. The zero-order valence-corrected chi connectivity index (χ0v) is 14.0. The van der Waals surface area contributed by atoms with Crippen LogP contribution in [0.5, 0.6) is 0 Å². The summed E-state index contributed by atoms with van der Waals surface area (Å²) >= 11 is 0. The van der Waals surface area contributed by atoms with Crippen LogP contribution in [0.1, 0.15) is 40.5 Å². The topological polar surface area (TPSA) is 18.5 Å². The van der Waals surface area contributed by atoms with E-state index in [9.17, 15) is 0 Å². The molecule has 0 saturated carbocycles. The first kappa shape index (κ1) is 15.9. The van der Waals surface area contributed by atoms with Crippen molar-refractivity contribution in [1.82, 2.24) is 0 Å². The lowest BCUT2D eigenvalue weighted by Gasteiger charge is -2.36. The van der Waals surface area contributed by atoms with E-state index in [1.54, 1.807) is 0 Å².